The number of rotatable bonds is 34. The van der Waals surface area contributed by atoms with Crippen molar-refractivity contribution >= 4 is 22.8 Å². The van der Waals surface area contributed by atoms with Gasteiger partial charge in [-0.15, -0.1) is 13.2 Å². The minimum atomic E-state index is -0.622. The summed E-state index contributed by atoms with van der Waals surface area (Å²) in [6, 6.07) is 4.63. The standard InChI is InChI=1S/C23H37NO3.C17H26ClNO.C6H15N.C6H12O2/c1-6-20(4)14-10-9-11-15-21(19-24)18-23(5,7-2)22(25)27-17-13-12-16-26-8-3;1-5-14(3)10-8-7-9-11-15(13-19)12-17(4,6-2)16(18)20;1-4-7(5-2)6-3;1-2-8-6-4-3-5-7/h6,8-9,11,20-21H,1,3,7,10,12-18H2,2,4-5H3;5,7,9,14-15H,1,6,8,10-12H2,2-4H3;4-6H2,1-3H3;2,7H,1,3-6H2. The first-order valence-corrected chi connectivity index (χ1v) is 23.5. The van der Waals surface area contributed by atoms with Gasteiger partial charge in [0.05, 0.1) is 61.7 Å². The summed E-state index contributed by atoms with van der Waals surface area (Å²) in [6.07, 6.45) is 26.2. The number of hydrogen-bond donors (Lipinski definition) is 1. The van der Waals surface area contributed by atoms with Crippen LogP contribution in [0, 0.1) is 57.2 Å². The fraction of sp³-hybridized carbons (Fsp3) is 0.692. The maximum atomic E-state index is 12.5. The third-order valence-corrected chi connectivity index (χ3v) is 11.4. The summed E-state index contributed by atoms with van der Waals surface area (Å²) in [4.78, 5) is 26.4. The van der Waals surface area contributed by atoms with Gasteiger partial charge in [-0.25, -0.2) is 0 Å². The number of aliphatic hydroxyl groups is 1. The molecule has 62 heavy (non-hydrogen) atoms. The van der Waals surface area contributed by atoms with Crippen LogP contribution in [0.2, 0.25) is 0 Å². The molecule has 0 radical (unpaired) electrons. The number of esters is 1. The predicted molar refractivity (Wildman–Crippen MR) is 262 cm³/mol. The predicted octanol–water partition coefficient (Wildman–Crippen LogP) is 13.5. The van der Waals surface area contributed by atoms with E-state index in [1.54, 1.807) is 0 Å². The van der Waals surface area contributed by atoms with Gasteiger partial charge in [-0.1, -0.05) is 105 Å². The van der Waals surface area contributed by atoms with Crippen molar-refractivity contribution in [2.45, 2.75) is 152 Å². The molecule has 356 valence electrons. The number of unbranched alkanes of at least 4 members (excludes halogenated alkanes) is 2. The van der Waals surface area contributed by atoms with Crippen LogP contribution in [0.3, 0.4) is 0 Å². The molecule has 0 bridgehead atoms. The van der Waals surface area contributed by atoms with Gasteiger partial charge in [-0.2, -0.15) is 10.5 Å². The highest BCUT2D eigenvalue weighted by Gasteiger charge is 2.35. The summed E-state index contributed by atoms with van der Waals surface area (Å²) < 4.78 is 15.3. The maximum Gasteiger partial charge on any atom is 0.311 e. The van der Waals surface area contributed by atoms with Gasteiger partial charge < -0.3 is 24.2 Å². The zero-order valence-electron chi connectivity index (χ0n) is 40.8. The Morgan fingerprint density at radius 2 is 1.10 bits per heavy atom. The number of allylic oxidation sites excluding steroid dienone is 6. The highest BCUT2D eigenvalue weighted by molar-refractivity contribution is 6.64. The molecule has 0 aliphatic heterocycles. The average Bonchev–Trinajstić information content (AvgIpc) is 3.28. The van der Waals surface area contributed by atoms with Crippen LogP contribution in [-0.2, 0) is 23.8 Å². The van der Waals surface area contributed by atoms with E-state index in [0.29, 0.717) is 70.2 Å². The third-order valence-electron chi connectivity index (χ3n) is 11.0. The summed E-state index contributed by atoms with van der Waals surface area (Å²) in [5, 5.41) is 26.6. The quantitative estimate of drug-likeness (QED) is 0.0220. The number of ether oxygens (including phenoxy) is 3. The molecule has 0 spiro atoms. The van der Waals surface area contributed by atoms with Crippen LogP contribution in [0.1, 0.15) is 152 Å². The van der Waals surface area contributed by atoms with Gasteiger partial charge in [0, 0.05) is 12.0 Å². The van der Waals surface area contributed by atoms with Gasteiger partial charge in [0.1, 0.15) is 0 Å². The number of carbonyl (C=O) groups is 2. The van der Waals surface area contributed by atoms with Crippen LogP contribution in [0.15, 0.2) is 75.3 Å². The van der Waals surface area contributed by atoms with E-state index in [0.717, 1.165) is 51.4 Å². The Morgan fingerprint density at radius 3 is 1.42 bits per heavy atom. The highest BCUT2D eigenvalue weighted by Crippen LogP contribution is 2.34. The van der Waals surface area contributed by atoms with Gasteiger partial charge in [0.25, 0.3) is 0 Å². The fourth-order valence-electron chi connectivity index (χ4n) is 5.66. The summed E-state index contributed by atoms with van der Waals surface area (Å²) in [6.45, 7) is 38.3. The second-order valence-electron chi connectivity index (χ2n) is 16.1. The topological polar surface area (TPSA) is 133 Å². The molecule has 0 saturated carbocycles. The Kier molecular flexibility index (Phi) is 47.6. The second-order valence-corrected chi connectivity index (χ2v) is 16.5. The number of nitrogens with zero attached hydrogens (tertiary/aromatic N) is 3. The SMILES string of the molecule is C=CC(C)CCC=CCC(C#N)CC(C)(CC)C(=O)Cl.C=COCCCCO.C=COCCCCOC(=O)C(C)(CC)CC(C#N)CC=CCCC(C)C=C.CCN(CC)CC. The van der Waals surface area contributed by atoms with Gasteiger partial charge >= 0.3 is 5.97 Å². The van der Waals surface area contributed by atoms with E-state index in [1.807, 2.05) is 45.9 Å². The lowest BCUT2D eigenvalue weighted by molar-refractivity contribution is -0.156. The third kappa shape index (κ3) is 38.1. The monoisotopic (exact) mass is 888 g/mol. The van der Waals surface area contributed by atoms with Crippen LogP contribution >= 0.6 is 11.6 Å². The number of hydrogen-bond acceptors (Lipinski definition) is 9. The normalized spacial score (nSPS) is 14.5. The largest absolute Gasteiger partial charge is 0.502 e. The number of aliphatic hydroxyl groups excluding tert-OH is 1. The van der Waals surface area contributed by atoms with Crippen molar-refractivity contribution in [3.8, 4) is 12.1 Å². The fourth-order valence-corrected chi connectivity index (χ4v) is 5.87. The number of halogens is 1. The second kappa shape index (κ2) is 45.4. The van der Waals surface area contributed by atoms with Gasteiger partial charge in [-0.3, -0.25) is 9.59 Å². The maximum absolute atomic E-state index is 12.5. The Bertz CT molecular complexity index is 1280. The minimum absolute atomic E-state index is 0.157. The first-order valence-electron chi connectivity index (χ1n) is 23.1. The van der Waals surface area contributed by atoms with Crippen molar-refractivity contribution in [1.82, 2.24) is 4.90 Å². The van der Waals surface area contributed by atoms with Crippen LogP contribution < -0.4 is 0 Å². The summed E-state index contributed by atoms with van der Waals surface area (Å²) in [7, 11) is 0. The van der Waals surface area contributed by atoms with E-state index in [9.17, 15) is 20.1 Å². The van der Waals surface area contributed by atoms with Gasteiger partial charge in [-0.05, 0) is 140 Å². The van der Waals surface area contributed by atoms with E-state index < -0.39 is 10.8 Å². The molecular weight excluding hydrogens is 798 g/mol. The molecular formula is C52H90ClN3O6. The first-order chi connectivity index (χ1) is 29.6. The highest BCUT2D eigenvalue weighted by atomic mass is 35.5. The molecule has 0 aliphatic rings. The molecule has 0 aromatic rings. The van der Waals surface area contributed by atoms with Crippen molar-refractivity contribution < 1.29 is 28.9 Å². The van der Waals surface area contributed by atoms with E-state index in [1.165, 1.54) is 32.2 Å². The van der Waals surface area contributed by atoms with Gasteiger partial charge in [0.15, 0.2) is 0 Å². The Balaban J connectivity index is -0.000000416. The molecule has 0 saturated heterocycles. The van der Waals surface area contributed by atoms with Crippen LogP contribution in [0.25, 0.3) is 0 Å². The molecule has 6 atom stereocenters. The van der Waals surface area contributed by atoms with Gasteiger partial charge in [0.2, 0.25) is 5.24 Å². The molecule has 0 aromatic carbocycles. The van der Waals surface area contributed by atoms with E-state index >= 15 is 0 Å². The van der Waals surface area contributed by atoms with Crippen molar-refractivity contribution in [2.75, 3.05) is 46.1 Å². The van der Waals surface area contributed by atoms with E-state index in [2.05, 4.69) is 96.2 Å². The molecule has 6 unspecified atom stereocenters. The molecule has 0 heterocycles. The van der Waals surface area contributed by atoms with Crippen molar-refractivity contribution in [3.05, 3.63) is 75.3 Å². The minimum Gasteiger partial charge on any atom is -0.502 e. The summed E-state index contributed by atoms with van der Waals surface area (Å²) in [5.74, 6) is 0.470. The Labute approximate surface area is 386 Å². The Hall–Kier alpha value is -3.63. The lowest BCUT2D eigenvalue weighted by Gasteiger charge is -2.27. The van der Waals surface area contributed by atoms with Crippen LogP contribution in [0.4, 0.5) is 0 Å². The molecule has 10 heteroatoms. The molecule has 0 fully saturated rings. The summed E-state index contributed by atoms with van der Waals surface area (Å²) >= 11 is 5.65. The first kappa shape index (κ1) is 65.0. The Morgan fingerprint density at radius 1 is 0.694 bits per heavy atom. The smallest absolute Gasteiger partial charge is 0.311 e. The van der Waals surface area contributed by atoms with Crippen molar-refractivity contribution in [1.29, 1.82) is 10.5 Å². The van der Waals surface area contributed by atoms with Crippen molar-refractivity contribution in [2.24, 2.45) is 34.5 Å². The number of nitriles is 2. The molecule has 9 nitrogen and oxygen atoms in total. The van der Waals surface area contributed by atoms with Crippen molar-refractivity contribution in [3.63, 3.8) is 0 Å². The summed E-state index contributed by atoms with van der Waals surface area (Å²) in [5.41, 5.74) is -1.21. The molecule has 0 amide bonds. The van der Waals surface area contributed by atoms with Crippen LogP contribution in [-0.4, -0.2) is 67.3 Å². The molecule has 0 rings (SSSR count). The van der Waals surface area contributed by atoms with E-state index in [4.69, 9.17) is 30.9 Å². The molecule has 1 N–H and O–H groups in total. The molecule has 0 aliphatic carbocycles. The lowest BCUT2D eigenvalue weighted by Crippen LogP contribution is -2.31. The van der Waals surface area contributed by atoms with Crippen LogP contribution in [0.5, 0.6) is 0 Å². The average molecular weight is 889 g/mol. The lowest BCUT2D eigenvalue weighted by atomic mass is 9.78. The zero-order chi connectivity index (χ0) is 48.1. The number of carbonyl (C=O) groups excluding carboxylic acids is 2. The zero-order valence-corrected chi connectivity index (χ0v) is 41.6. The van der Waals surface area contributed by atoms with E-state index in [-0.39, 0.29) is 29.7 Å². The molecule has 0 aromatic heterocycles.